The number of benzene rings is 1. The summed E-state index contributed by atoms with van der Waals surface area (Å²) in [6.07, 6.45) is 1.26. The third-order valence-electron chi connectivity index (χ3n) is 4.19. The molecular formula is C18H22BrClN4O2. The Morgan fingerprint density at radius 1 is 1.31 bits per heavy atom. The van der Waals surface area contributed by atoms with Gasteiger partial charge in [-0.1, -0.05) is 27.5 Å². The Morgan fingerprint density at radius 2 is 2.00 bits per heavy atom. The van der Waals surface area contributed by atoms with Crippen LogP contribution in [0.25, 0.3) is 10.9 Å². The maximum Gasteiger partial charge on any atom is 0.407 e. The van der Waals surface area contributed by atoms with Crippen LogP contribution in [0.4, 0.5) is 10.5 Å². The zero-order valence-corrected chi connectivity index (χ0v) is 17.4. The van der Waals surface area contributed by atoms with Gasteiger partial charge in [0.25, 0.3) is 0 Å². The first-order chi connectivity index (χ1) is 12.2. The third-order valence-corrected chi connectivity index (χ3v) is 4.93. The van der Waals surface area contributed by atoms with Crippen LogP contribution < -0.4 is 10.2 Å². The van der Waals surface area contributed by atoms with E-state index in [9.17, 15) is 4.79 Å². The van der Waals surface area contributed by atoms with Crippen molar-refractivity contribution in [3.8, 4) is 0 Å². The van der Waals surface area contributed by atoms with Crippen molar-refractivity contribution >= 4 is 50.2 Å². The van der Waals surface area contributed by atoms with E-state index in [1.807, 2.05) is 39.0 Å². The summed E-state index contributed by atoms with van der Waals surface area (Å²) in [7, 11) is 0. The molecule has 1 fully saturated rings. The minimum atomic E-state index is -0.493. The van der Waals surface area contributed by atoms with Crippen molar-refractivity contribution in [3.05, 3.63) is 27.8 Å². The van der Waals surface area contributed by atoms with Crippen LogP contribution in [0.5, 0.6) is 0 Å². The molecule has 8 heteroatoms. The molecule has 0 bridgehead atoms. The molecule has 0 unspecified atom stereocenters. The SMILES string of the molecule is CC(C)(C)OC(=O)NC1CCN(c2c(Cl)nnc3ccc(Br)cc23)CC1. The Labute approximate surface area is 166 Å². The lowest BCUT2D eigenvalue weighted by molar-refractivity contribution is 0.0497. The smallest absolute Gasteiger partial charge is 0.407 e. The van der Waals surface area contributed by atoms with E-state index >= 15 is 0 Å². The molecule has 1 aromatic heterocycles. The second kappa shape index (κ2) is 7.56. The number of piperidine rings is 1. The van der Waals surface area contributed by atoms with Crippen LogP contribution >= 0.6 is 27.5 Å². The van der Waals surface area contributed by atoms with Crippen LogP contribution in [0.15, 0.2) is 22.7 Å². The molecule has 2 aromatic rings. The lowest BCUT2D eigenvalue weighted by Gasteiger charge is -2.34. The van der Waals surface area contributed by atoms with Crippen molar-refractivity contribution in [2.24, 2.45) is 0 Å². The number of rotatable bonds is 2. The average molecular weight is 442 g/mol. The predicted molar refractivity (Wildman–Crippen MR) is 107 cm³/mol. The summed E-state index contributed by atoms with van der Waals surface area (Å²) in [5.41, 5.74) is 1.21. The predicted octanol–water partition coefficient (Wildman–Crippen LogP) is 4.54. The van der Waals surface area contributed by atoms with Crippen LogP contribution in [0.1, 0.15) is 33.6 Å². The molecule has 0 radical (unpaired) electrons. The minimum absolute atomic E-state index is 0.0904. The summed E-state index contributed by atoms with van der Waals surface area (Å²) < 4.78 is 6.30. The summed E-state index contributed by atoms with van der Waals surface area (Å²) in [5, 5.41) is 12.6. The lowest BCUT2D eigenvalue weighted by Crippen LogP contribution is -2.46. The molecule has 6 nitrogen and oxygen atoms in total. The Hall–Kier alpha value is -1.60. The van der Waals surface area contributed by atoms with E-state index in [0.29, 0.717) is 5.15 Å². The molecule has 1 aliphatic heterocycles. The Kier molecular flexibility index (Phi) is 5.58. The number of halogens is 2. The fourth-order valence-corrected chi connectivity index (χ4v) is 3.68. The maximum atomic E-state index is 12.0. The Morgan fingerprint density at radius 3 is 2.65 bits per heavy atom. The summed E-state index contributed by atoms with van der Waals surface area (Å²) in [6.45, 7) is 7.12. The van der Waals surface area contributed by atoms with Crippen LogP contribution in [-0.4, -0.2) is 41.0 Å². The van der Waals surface area contributed by atoms with Crippen LogP contribution in [0.3, 0.4) is 0 Å². The first-order valence-corrected chi connectivity index (χ1v) is 9.76. The number of ether oxygens (including phenoxy) is 1. The van der Waals surface area contributed by atoms with Crippen LogP contribution in [0.2, 0.25) is 5.15 Å². The van der Waals surface area contributed by atoms with Gasteiger partial charge in [-0.2, -0.15) is 0 Å². The van der Waals surface area contributed by atoms with Gasteiger partial charge < -0.3 is 15.0 Å². The van der Waals surface area contributed by atoms with Gasteiger partial charge in [0.1, 0.15) is 5.60 Å². The van der Waals surface area contributed by atoms with Crippen molar-refractivity contribution in [1.29, 1.82) is 0 Å². The van der Waals surface area contributed by atoms with Gasteiger partial charge in [0.05, 0.1) is 11.2 Å². The molecule has 3 rings (SSSR count). The van der Waals surface area contributed by atoms with Crippen LogP contribution in [-0.2, 0) is 4.74 Å². The van der Waals surface area contributed by atoms with Crippen molar-refractivity contribution in [3.63, 3.8) is 0 Å². The van der Waals surface area contributed by atoms with E-state index in [2.05, 4.69) is 36.3 Å². The molecular weight excluding hydrogens is 420 g/mol. The first-order valence-electron chi connectivity index (χ1n) is 8.59. The van der Waals surface area contributed by atoms with Crippen molar-refractivity contribution < 1.29 is 9.53 Å². The lowest BCUT2D eigenvalue weighted by atomic mass is 10.0. The van der Waals surface area contributed by atoms with Gasteiger partial charge in [-0.15, -0.1) is 10.2 Å². The highest BCUT2D eigenvalue weighted by Crippen LogP contribution is 2.34. The van der Waals surface area contributed by atoms with E-state index < -0.39 is 5.60 Å². The van der Waals surface area contributed by atoms with Gasteiger partial charge in [0.15, 0.2) is 5.15 Å². The zero-order chi connectivity index (χ0) is 18.9. The van der Waals surface area contributed by atoms with Gasteiger partial charge in [0, 0.05) is 29.0 Å². The number of amides is 1. The molecule has 0 atom stereocenters. The molecule has 1 aliphatic rings. The number of alkyl carbamates (subject to hydrolysis) is 1. The van der Waals surface area contributed by atoms with Gasteiger partial charge in [-0.25, -0.2) is 4.79 Å². The molecule has 1 aromatic carbocycles. The molecule has 0 spiro atoms. The largest absolute Gasteiger partial charge is 0.444 e. The number of fused-ring (bicyclic) bond motifs is 1. The molecule has 26 heavy (non-hydrogen) atoms. The molecule has 1 amide bonds. The van der Waals surface area contributed by atoms with Gasteiger partial charge in [0.2, 0.25) is 0 Å². The van der Waals surface area contributed by atoms with E-state index in [-0.39, 0.29) is 12.1 Å². The highest BCUT2D eigenvalue weighted by atomic mass is 79.9. The molecule has 1 N–H and O–H groups in total. The maximum absolute atomic E-state index is 12.0. The molecule has 0 saturated carbocycles. The number of carbonyl (C=O) groups is 1. The van der Waals surface area contributed by atoms with Gasteiger partial charge >= 0.3 is 6.09 Å². The highest BCUT2D eigenvalue weighted by molar-refractivity contribution is 9.10. The van der Waals surface area contributed by atoms with Crippen molar-refractivity contribution in [2.45, 2.75) is 45.3 Å². The van der Waals surface area contributed by atoms with E-state index in [1.165, 1.54) is 0 Å². The Balaban J connectivity index is 1.71. The second-order valence-corrected chi connectivity index (χ2v) is 8.68. The number of anilines is 1. The number of aromatic nitrogens is 2. The van der Waals surface area contributed by atoms with Crippen molar-refractivity contribution in [1.82, 2.24) is 15.5 Å². The van der Waals surface area contributed by atoms with Gasteiger partial charge in [-0.3, -0.25) is 0 Å². The number of hydrogen-bond donors (Lipinski definition) is 1. The summed E-state index contributed by atoms with van der Waals surface area (Å²) in [5.74, 6) is 0. The monoisotopic (exact) mass is 440 g/mol. The fourth-order valence-electron chi connectivity index (χ4n) is 3.06. The number of nitrogens with one attached hydrogen (secondary N) is 1. The van der Waals surface area contributed by atoms with Crippen LogP contribution in [0, 0.1) is 0 Å². The van der Waals surface area contributed by atoms with Crippen molar-refractivity contribution in [2.75, 3.05) is 18.0 Å². The summed E-state index contributed by atoms with van der Waals surface area (Å²) in [6, 6.07) is 5.96. The van der Waals surface area contributed by atoms with E-state index in [4.69, 9.17) is 16.3 Å². The summed E-state index contributed by atoms with van der Waals surface area (Å²) >= 11 is 9.87. The zero-order valence-electron chi connectivity index (χ0n) is 15.1. The normalized spacial score (nSPS) is 16.0. The molecule has 140 valence electrons. The highest BCUT2D eigenvalue weighted by Gasteiger charge is 2.26. The second-order valence-electron chi connectivity index (χ2n) is 7.41. The standard InChI is InChI=1S/C18H22BrClN4O2/c1-18(2,3)26-17(25)21-12-6-8-24(9-7-12)15-13-10-11(19)4-5-14(13)22-23-16(15)20/h4-5,10,12H,6-9H2,1-3H3,(H,21,25). The summed E-state index contributed by atoms with van der Waals surface area (Å²) in [4.78, 5) is 14.2. The van der Waals surface area contributed by atoms with E-state index in [1.54, 1.807) is 0 Å². The van der Waals surface area contributed by atoms with Gasteiger partial charge in [-0.05, 0) is 51.8 Å². The quantitative estimate of drug-likeness (QED) is 0.741. The fraction of sp³-hybridized carbons (Fsp3) is 0.500. The minimum Gasteiger partial charge on any atom is -0.444 e. The number of carbonyl (C=O) groups excluding carboxylic acids is 1. The average Bonchev–Trinajstić information content (AvgIpc) is 2.54. The molecule has 2 heterocycles. The first kappa shape index (κ1) is 19.2. The molecule has 1 saturated heterocycles. The number of hydrogen-bond acceptors (Lipinski definition) is 5. The number of nitrogens with zero attached hydrogens (tertiary/aromatic N) is 3. The third kappa shape index (κ3) is 4.57. The topological polar surface area (TPSA) is 67.3 Å². The molecule has 0 aliphatic carbocycles. The Bertz CT molecular complexity index is 811. The van der Waals surface area contributed by atoms with E-state index in [0.717, 1.165) is 47.0 Å².